The van der Waals surface area contributed by atoms with Crippen molar-refractivity contribution >= 4 is 45.8 Å². The number of ether oxygens (including phenoxy) is 2. The second-order valence-electron chi connectivity index (χ2n) is 10.1. The first-order valence-corrected chi connectivity index (χ1v) is 15.0. The Balaban J connectivity index is 0.00000484. The van der Waals surface area contributed by atoms with Gasteiger partial charge in [-0.3, -0.25) is 24.6 Å². The second kappa shape index (κ2) is 14.3. The topological polar surface area (TPSA) is 146 Å². The molecule has 0 aliphatic carbocycles. The normalized spacial score (nSPS) is 19.0. The Kier molecular flexibility index (Phi) is 11.3. The van der Waals surface area contributed by atoms with Crippen LogP contribution in [-0.2, 0) is 24.2 Å². The molecule has 2 N–H and O–H groups in total. The number of amides is 4. The molecule has 2 saturated heterocycles. The van der Waals surface area contributed by atoms with Gasteiger partial charge in [0.15, 0.2) is 14.6 Å². The van der Waals surface area contributed by atoms with Crippen LogP contribution >= 0.6 is 12.4 Å². The number of likely N-dealkylation sites (tertiary alicyclic amines) is 1. The van der Waals surface area contributed by atoms with Crippen LogP contribution in [0.4, 0.5) is 10.5 Å². The van der Waals surface area contributed by atoms with Crippen LogP contribution in [0, 0.1) is 0 Å². The summed E-state index contributed by atoms with van der Waals surface area (Å²) < 4.78 is 36.3. The molecule has 2 fully saturated rings. The number of carbonyl (C=O) groups excluding carboxylic acids is 3. The number of sulfone groups is 1. The first-order chi connectivity index (χ1) is 19.7. The Morgan fingerprint density at radius 2 is 1.67 bits per heavy atom. The van der Waals surface area contributed by atoms with E-state index in [1.165, 1.54) is 34.1 Å². The van der Waals surface area contributed by atoms with Crippen LogP contribution in [0.3, 0.4) is 0 Å². The highest BCUT2D eigenvalue weighted by molar-refractivity contribution is 7.93. The van der Waals surface area contributed by atoms with E-state index in [-0.39, 0.29) is 55.2 Å². The predicted octanol–water partition coefficient (Wildman–Crippen LogP) is 2.49. The van der Waals surface area contributed by atoms with Gasteiger partial charge >= 0.3 is 6.03 Å². The Morgan fingerprint density at radius 3 is 2.26 bits per heavy atom. The minimum atomic E-state index is -4.15. The van der Waals surface area contributed by atoms with Crippen LogP contribution < -0.4 is 15.1 Å². The van der Waals surface area contributed by atoms with Crippen LogP contribution in [-0.4, -0.2) is 98.6 Å². The van der Waals surface area contributed by atoms with Crippen molar-refractivity contribution < 1.29 is 37.5 Å². The van der Waals surface area contributed by atoms with E-state index in [9.17, 15) is 28.0 Å². The maximum Gasteiger partial charge on any atom is 0.331 e. The summed E-state index contributed by atoms with van der Waals surface area (Å²) in [6.45, 7) is 3.89. The van der Waals surface area contributed by atoms with Crippen molar-refractivity contribution in [3.05, 3.63) is 54.6 Å². The fourth-order valence-electron chi connectivity index (χ4n) is 5.29. The minimum absolute atomic E-state index is 0. The average Bonchev–Trinajstić information content (AvgIpc) is 3.21. The van der Waals surface area contributed by atoms with E-state index in [2.05, 4.69) is 0 Å². The molecule has 2 heterocycles. The molecule has 0 spiro atoms. The summed E-state index contributed by atoms with van der Waals surface area (Å²) in [6, 6.07) is 13.8. The standard InChI is InChI=1S/C28H36N4O8S.ClH/c1-21-25(33)31(27(35)32(21)22-7-4-3-5-8-22)15-6-19-40-23-9-11-24(12-10-23)41(37,38)28(26(34)29-36)13-16-30(17-14-28)18-20-39-2;/h3-5,7-12,21,36H,6,13-20H2,1-2H3,(H,29,34);1H/t21-;/m1./s1. The third-order valence-electron chi connectivity index (χ3n) is 7.72. The maximum atomic E-state index is 13.6. The van der Waals surface area contributed by atoms with E-state index in [1.54, 1.807) is 43.8 Å². The van der Waals surface area contributed by atoms with Gasteiger partial charge in [-0.15, -0.1) is 12.4 Å². The van der Waals surface area contributed by atoms with Gasteiger partial charge in [-0.25, -0.2) is 18.7 Å². The molecule has 0 aromatic heterocycles. The van der Waals surface area contributed by atoms with Gasteiger partial charge in [-0.2, -0.15) is 0 Å². The number of nitrogens with zero attached hydrogens (tertiary/aromatic N) is 3. The highest BCUT2D eigenvalue weighted by atomic mass is 35.5. The quantitative estimate of drug-likeness (QED) is 0.157. The van der Waals surface area contributed by atoms with Crippen molar-refractivity contribution in [1.82, 2.24) is 15.3 Å². The first kappa shape index (κ1) is 33.3. The van der Waals surface area contributed by atoms with Gasteiger partial charge in [0.1, 0.15) is 11.8 Å². The second-order valence-corrected chi connectivity index (χ2v) is 12.4. The van der Waals surface area contributed by atoms with Gasteiger partial charge in [-0.1, -0.05) is 18.2 Å². The lowest BCUT2D eigenvalue weighted by molar-refractivity contribution is -0.133. The summed E-state index contributed by atoms with van der Waals surface area (Å²) in [5, 5.41) is 9.37. The molecule has 2 aromatic carbocycles. The molecule has 0 unspecified atom stereocenters. The summed E-state index contributed by atoms with van der Waals surface area (Å²) in [5.74, 6) is -0.827. The number of hydrogen-bond donors (Lipinski definition) is 2. The largest absolute Gasteiger partial charge is 0.494 e. The van der Waals surface area contributed by atoms with Crippen molar-refractivity contribution in [3.63, 3.8) is 0 Å². The minimum Gasteiger partial charge on any atom is -0.494 e. The van der Waals surface area contributed by atoms with Gasteiger partial charge in [-0.05, 0) is 62.6 Å². The van der Waals surface area contributed by atoms with E-state index >= 15 is 0 Å². The zero-order valence-corrected chi connectivity index (χ0v) is 25.2. The van der Waals surface area contributed by atoms with Gasteiger partial charge in [0.25, 0.3) is 11.8 Å². The molecule has 2 aromatic rings. The van der Waals surface area contributed by atoms with Gasteiger partial charge in [0, 0.05) is 39.0 Å². The molecule has 2 aliphatic heterocycles. The lowest BCUT2D eigenvalue weighted by atomic mass is 9.95. The Hall–Kier alpha value is -3.23. The lowest BCUT2D eigenvalue weighted by Crippen LogP contribution is -2.57. The van der Waals surface area contributed by atoms with Gasteiger partial charge in [0.05, 0.1) is 18.1 Å². The summed E-state index contributed by atoms with van der Waals surface area (Å²) in [6.07, 6.45) is 0.433. The first-order valence-electron chi connectivity index (χ1n) is 13.5. The van der Waals surface area contributed by atoms with E-state index in [0.717, 1.165) is 0 Å². The SMILES string of the molecule is COCCN1CCC(C(=O)NO)(S(=O)(=O)c2ccc(OCCCN3C(=O)[C@@H](C)N(c4ccccc4)C3=O)cc2)CC1.Cl. The molecule has 12 nitrogen and oxygen atoms in total. The molecule has 0 bridgehead atoms. The number of anilines is 1. The van der Waals surface area contributed by atoms with E-state index in [4.69, 9.17) is 9.47 Å². The van der Waals surface area contributed by atoms with Crippen molar-refractivity contribution in [2.75, 3.05) is 51.4 Å². The van der Waals surface area contributed by atoms with Gasteiger partial charge < -0.3 is 14.4 Å². The van der Waals surface area contributed by atoms with Crippen LogP contribution in [0.2, 0.25) is 0 Å². The molecule has 4 amide bonds. The Labute approximate surface area is 251 Å². The monoisotopic (exact) mass is 624 g/mol. The van der Waals surface area contributed by atoms with E-state index in [1.807, 2.05) is 11.0 Å². The number of urea groups is 1. The van der Waals surface area contributed by atoms with Crippen LogP contribution in [0.15, 0.2) is 59.5 Å². The number of methoxy groups -OCH3 is 1. The molecule has 230 valence electrons. The Bertz CT molecular complexity index is 1340. The van der Waals surface area contributed by atoms with Crippen LogP contribution in [0.25, 0.3) is 0 Å². The fourth-order valence-corrected chi connectivity index (χ4v) is 7.24. The highest BCUT2D eigenvalue weighted by Crippen LogP contribution is 2.36. The van der Waals surface area contributed by atoms with Crippen molar-refractivity contribution in [1.29, 1.82) is 0 Å². The Morgan fingerprint density at radius 1 is 1.02 bits per heavy atom. The highest BCUT2D eigenvalue weighted by Gasteiger charge is 2.53. The smallest absolute Gasteiger partial charge is 0.331 e. The number of halogens is 1. The summed E-state index contributed by atoms with van der Waals surface area (Å²) in [4.78, 5) is 42.9. The van der Waals surface area contributed by atoms with Crippen molar-refractivity contribution in [3.8, 4) is 5.75 Å². The number of para-hydroxylation sites is 1. The molecular formula is C28H37ClN4O8S. The van der Waals surface area contributed by atoms with Crippen LogP contribution in [0.1, 0.15) is 26.2 Å². The average molecular weight is 625 g/mol. The van der Waals surface area contributed by atoms with Gasteiger partial charge in [0.2, 0.25) is 0 Å². The van der Waals surface area contributed by atoms with E-state index < -0.39 is 26.5 Å². The third-order valence-corrected chi connectivity index (χ3v) is 10.2. The molecule has 42 heavy (non-hydrogen) atoms. The molecule has 14 heteroatoms. The summed E-state index contributed by atoms with van der Waals surface area (Å²) >= 11 is 0. The molecule has 0 saturated carbocycles. The number of piperidine rings is 1. The number of rotatable bonds is 12. The molecule has 4 rings (SSSR count). The lowest BCUT2D eigenvalue weighted by Gasteiger charge is -2.39. The maximum absolute atomic E-state index is 13.6. The number of hydroxylamine groups is 1. The van der Waals surface area contributed by atoms with Crippen LogP contribution in [0.5, 0.6) is 5.75 Å². The zero-order valence-electron chi connectivity index (χ0n) is 23.6. The number of benzene rings is 2. The molecule has 1 atom stereocenters. The molecule has 0 radical (unpaired) electrons. The number of hydrogen-bond acceptors (Lipinski definition) is 9. The zero-order chi connectivity index (χ0) is 29.6. The fraction of sp³-hybridized carbons (Fsp3) is 0.464. The third kappa shape index (κ3) is 6.55. The number of imide groups is 1. The summed E-state index contributed by atoms with van der Waals surface area (Å²) in [5.41, 5.74) is 2.21. The number of nitrogens with one attached hydrogen (secondary N) is 1. The number of carbonyl (C=O) groups is 3. The van der Waals surface area contributed by atoms with Crippen molar-refractivity contribution in [2.45, 2.75) is 41.9 Å². The predicted molar refractivity (Wildman–Crippen MR) is 157 cm³/mol. The molecule has 2 aliphatic rings. The molecular weight excluding hydrogens is 588 g/mol. The summed E-state index contributed by atoms with van der Waals surface area (Å²) in [7, 11) is -2.57. The van der Waals surface area contributed by atoms with Crippen molar-refractivity contribution in [2.24, 2.45) is 0 Å². The van der Waals surface area contributed by atoms with E-state index in [0.29, 0.717) is 44.1 Å².